The molecule has 2 heterocycles. The summed E-state index contributed by atoms with van der Waals surface area (Å²) < 4.78 is 26.5. The molecule has 0 fully saturated rings. The van der Waals surface area contributed by atoms with Crippen molar-refractivity contribution >= 4 is 22.2 Å². The molecule has 24 heavy (non-hydrogen) atoms. The molecule has 0 radical (unpaired) electrons. The number of nitrogens with zero attached hydrogens (tertiary/aromatic N) is 4. The molecule has 1 aliphatic heterocycles. The van der Waals surface area contributed by atoms with E-state index in [0.717, 1.165) is 11.9 Å². The summed E-state index contributed by atoms with van der Waals surface area (Å²) in [4.78, 5) is 16.6. The summed E-state index contributed by atoms with van der Waals surface area (Å²) in [5.74, 6) is -0.317. The van der Waals surface area contributed by atoms with Gasteiger partial charge in [0.15, 0.2) is 5.54 Å². The molecule has 1 atom stereocenters. The highest BCUT2D eigenvalue weighted by Gasteiger charge is 2.39. The number of hydrogen-bond donors (Lipinski definition) is 1. The number of aromatic nitrogens is 1. The molecule has 130 valence electrons. The van der Waals surface area contributed by atoms with Crippen LogP contribution in [0.3, 0.4) is 0 Å². The van der Waals surface area contributed by atoms with Crippen molar-refractivity contribution in [2.45, 2.75) is 31.3 Å². The maximum absolute atomic E-state index is 12.5. The third-order valence-corrected chi connectivity index (χ3v) is 3.94. The molecule has 0 saturated heterocycles. The van der Waals surface area contributed by atoms with E-state index in [1.54, 1.807) is 18.3 Å². The summed E-state index contributed by atoms with van der Waals surface area (Å²) in [7, 11) is -3.45. The molecular formula is C14H19N5O4S. The molecule has 2 rings (SSSR count). The van der Waals surface area contributed by atoms with Crippen LogP contribution in [0.15, 0.2) is 39.8 Å². The summed E-state index contributed by atoms with van der Waals surface area (Å²) in [5, 5.41) is 13.9. The molecule has 1 aliphatic rings. The van der Waals surface area contributed by atoms with E-state index in [0.29, 0.717) is 19.3 Å². The monoisotopic (exact) mass is 353 g/mol. The van der Waals surface area contributed by atoms with E-state index in [4.69, 9.17) is 0 Å². The van der Waals surface area contributed by atoms with E-state index in [-0.39, 0.29) is 19.1 Å². The van der Waals surface area contributed by atoms with Crippen molar-refractivity contribution in [3.8, 4) is 0 Å². The van der Waals surface area contributed by atoms with Gasteiger partial charge in [0.1, 0.15) is 0 Å². The van der Waals surface area contributed by atoms with Gasteiger partial charge in [0, 0.05) is 6.20 Å². The van der Waals surface area contributed by atoms with Gasteiger partial charge in [-0.05, 0) is 36.6 Å². The largest absolute Gasteiger partial charge is 0.348 e. The van der Waals surface area contributed by atoms with Crippen LogP contribution >= 0.6 is 0 Å². The van der Waals surface area contributed by atoms with Gasteiger partial charge < -0.3 is 5.32 Å². The Kier molecular flexibility index (Phi) is 6.10. The number of nitrogens with one attached hydrogen (secondary N) is 1. The molecule has 0 spiro atoms. The van der Waals surface area contributed by atoms with Crippen LogP contribution in [-0.2, 0) is 25.6 Å². The SMILES string of the molecule is CS(=O)(=O)OCCCCC1(C(=O)NCc2ccccn2)C=NN=N1. The first-order valence-corrected chi connectivity index (χ1v) is 9.22. The molecule has 0 saturated carbocycles. The normalized spacial score (nSPS) is 19.5. The van der Waals surface area contributed by atoms with Crippen molar-refractivity contribution in [3.05, 3.63) is 30.1 Å². The highest BCUT2D eigenvalue weighted by atomic mass is 32.2. The van der Waals surface area contributed by atoms with Crippen LogP contribution < -0.4 is 5.32 Å². The molecule has 1 aromatic rings. The van der Waals surface area contributed by atoms with E-state index in [1.165, 1.54) is 6.21 Å². The van der Waals surface area contributed by atoms with E-state index in [9.17, 15) is 13.2 Å². The Morgan fingerprint density at radius 3 is 2.79 bits per heavy atom. The van der Waals surface area contributed by atoms with Crippen molar-refractivity contribution in [1.29, 1.82) is 0 Å². The van der Waals surface area contributed by atoms with Gasteiger partial charge in [-0.15, -0.1) is 10.2 Å². The fourth-order valence-electron chi connectivity index (χ4n) is 2.12. The topological polar surface area (TPSA) is 122 Å². The fraction of sp³-hybridized carbons (Fsp3) is 0.500. The minimum Gasteiger partial charge on any atom is -0.348 e. The number of pyridine rings is 1. The first-order chi connectivity index (χ1) is 11.4. The lowest BCUT2D eigenvalue weighted by Crippen LogP contribution is -2.45. The van der Waals surface area contributed by atoms with Crippen molar-refractivity contribution in [3.63, 3.8) is 0 Å². The third kappa shape index (κ3) is 5.46. The Morgan fingerprint density at radius 1 is 1.33 bits per heavy atom. The molecule has 1 aromatic heterocycles. The Morgan fingerprint density at radius 2 is 2.17 bits per heavy atom. The summed E-state index contributed by atoms with van der Waals surface area (Å²) in [6, 6.07) is 5.44. The van der Waals surface area contributed by atoms with Gasteiger partial charge in [0.2, 0.25) is 0 Å². The fourth-order valence-corrected chi connectivity index (χ4v) is 2.54. The molecule has 1 unspecified atom stereocenters. The van der Waals surface area contributed by atoms with Crippen LogP contribution in [0.1, 0.15) is 25.0 Å². The van der Waals surface area contributed by atoms with E-state index < -0.39 is 15.7 Å². The van der Waals surface area contributed by atoms with Gasteiger partial charge in [0.25, 0.3) is 16.0 Å². The Balaban J connectivity index is 1.84. The van der Waals surface area contributed by atoms with Crippen molar-refractivity contribution in [1.82, 2.24) is 10.3 Å². The molecule has 0 aromatic carbocycles. The first-order valence-electron chi connectivity index (χ1n) is 7.40. The molecular weight excluding hydrogens is 334 g/mol. The standard InChI is InChI=1S/C14H19N5O4S/c1-24(21,22)23-9-5-3-7-14(11-17-19-18-14)13(20)16-10-12-6-2-4-8-15-12/h2,4,6,8,11H,3,5,7,9-10H2,1H3,(H,16,20). The average Bonchev–Trinajstić information content (AvgIpc) is 3.02. The van der Waals surface area contributed by atoms with Crippen LogP contribution in [0, 0.1) is 0 Å². The predicted octanol–water partition coefficient (Wildman–Crippen LogP) is 1.03. The number of carbonyl (C=O) groups is 1. The minimum absolute atomic E-state index is 0.0682. The number of hydrogen-bond acceptors (Lipinski definition) is 8. The van der Waals surface area contributed by atoms with Crippen molar-refractivity contribution in [2.75, 3.05) is 12.9 Å². The summed E-state index contributed by atoms with van der Waals surface area (Å²) >= 11 is 0. The predicted molar refractivity (Wildman–Crippen MR) is 86.8 cm³/mol. The highest BCUT2D eigenvalue weighted by molar-refractivity contribution is 7.85. The lowest BCUT2D eigenvalue weighted by molar-refractivity contribution is -0.124. The zero-order valence-electron chi connectivity index (χ0n) is 13.3. The second-order valence-corrected chi connectivity index (χ2v) is 6.99. The van der Waals surface area contributed by atoms with Crippen molar-refractivity contribution < 1.29 is 17.4 Å². The van der Waals surface area contributed by atoms with E-state index in [2.05, 4.69) is 29.9 Å². The van der Waals surface area contributed by atoms with Crippen LogP contribution in [-0.4, -0.2) is 43.9 Å². The molecule has 9 nitrogen and oxygen atoms in total. The van der Waals surface area contributed by atoms with Gasteiger partial charge in [-0.2, -0.15) is 8.42 Å². The zero-order chi connectivity index (χ0) is 17.5. The maximum Gasteiger partial charge on any atom is 0.264 e. The van der Waals surface area contributed by atoms with Gasteiger partial charge in [-0.1, -0.05) is 6.07 Å². The van der Waals surface area contributed by atoms with Crippen LogP contribution in [0.2, 0.25) is 0 Å². The van der Waals surface area contributed by atoms with E-state index >= 15 is 0 Å². The number of carbonyl (C=O) groups excluding carboxylic acids is 1. The lowest BCUT2D eigenvalue weighted by Gasteiger charge is -2.20. The molecule has 10 heteroatoms. The molecule has 0 aliphatic carbocycles. The highest BCUT2D eigenvalue weighted by Crippen LogP contribution is 2.22. The maximum atomic E-state index is 12.5. The smallest absolute Gasteiger partial charge is 0.264 e. The minimum atomic E-state index is -3.45. The van der Waals surface area contributed by atoms with Crippen molar-refractivity contribution in [2.24, 2.45) is 15.4 Å². The Bertz CT molecular complexity index is 706. The summed E-state index contributed by atoms with van der Waals surface area (Å²) in [6.45, 7) is 0.348. The lowest BCUT2D eigenvalue weighted by atomic mass is 9.94. The molecule has 1 amide bonds. The van der Waals surface area contributed by atoms with Gasteiger partial charge in [0.05, 0.1) is 31.3 Å². The van der Waals surface area contributed by atoms with E-state index in [1.807, 2.05) is 6.07 Å². The van der Waals surface area contributed by atoms with Crippen LogP contribution in [0.4, 0.5) is 0 Å². The van der Waals surface area contributed by atoms with Gasteiger partial charge in [-0.25, -0.2) is 0 Å². The quantitative estimate of drug-likeness (QED) is 0.525. The zero-order valence-corrected chi connectivity index (χ0v) is 14.1. The second kappa shape index (κ2) is 8.06. The number of amides is 1. The summed E-state index contributed by atoms with van der Waals surface area (Å²) in [5.41, 5.74) is -0.422. The third-order valence-electron chi connectivity index (χ3n) is 3.35. The molecule has 0 bridgehead atoms. The number of unbranched alkanes of at least 4 members (excludes halogenated alkanes) is 1. The van der Waals surface area contributed by atoms with Gasteiger partial charge >= 0.3 is 0 Å². The average molecular weight is 353 g/mol. The van der Waals surface area contributed by atoms with Crippen LogP contribution in [0.25, 0.3) is 0 Å². The first kappa shape index (κ1) is 18.1. The second-order valence-electron chi connectivity index (χ2n) is 5.35. The molecule has 1 N–H and O–H groups in total. The van der Waals surface area contributed by atoms with Gasteiger partial charge in [-0.3, -0.25) is 14.0 Å². The Labute approximate surface area is 140 Å². The van der Waals surface area contributed by atoms with Crippen LogP contribution in [0.5, 0.6) is 0 Å². The number of rotatable bonds is 9. The Hall–Kier alpha value is -2.20. The summed E-state index contributed by atoms with van der Waals surface area (Å²) in [6.07, 6.45) is 5.43.